The van der Waals surface area contributed by atoms with E-state index in [-0.39, 0.29) is 11.2 Å². The Labute approximate surface area is 125 Å². The zero-order valence-electron chi connectivity index (χ0n) is 12.8. The molecule has 0 fully saturated rings. The first-order valence-corrected chi connectivity index (χ1v) is 6.72. The average molecular weight is 281 g/mol. The van der Waals surface area contributed by atoms with E-state index in [1.54, 1.807) is 7.11 Å². The van der Waals surface area contributed by atoms with Gasteiger partial charge < -0.3 is 10.5 Å². The van der Waals surface area contributed by atoms with Gasteiger partial charge in [-0.15, -0.1) is 0 Å². The van der Waals surface area contributed by atoms with Gasteiger partial charge in [0.15, 0.2) is 0 Å². The lowest BCUT2D eigenvalue weighted by molar-refractivity contribution is 0.415. The highest BCUT2D eigenvalue weighted by molar-refractivity contribution is 5.76. The third kappa shape index (κ3) is 2.97. The second-order valence-electron chi connectivity index (χ2n) is 5.91. The summed E-state index contributed by atoms with van der Waals surface area (Å²) in [6.45, 7) is 6.20. The van der Waals surface area contributed by atoms with Crippen molar-refractivity contribution in [1.82, 2.24) is 4.98 Å². The zero-order chi connectivity index (χ0) is 15.6. The third-order valence-electron chi connectivity index (χ3n) is 3.33. The first-order valence-electron chi connectivity index (χ1n) is 6.72. The number of pyridine rings is 1. The fourth-order valence-corrected chi connectivity index (χ4v) is 2.06. The van der Waals surface area contributed by atoms with Crippen LogP contribution in [-0.4, -0.2) is 12.1 Å². The summed E-state index contributed by atoms with van der Waals surface area (Å²) >= 11 is 0. The number of aromatic nitrogens is 1. The molecule has 0 bridgehead atoms. The molecule has 0 aliphatic carbocycles. The molecule has 1 aromatic carbocycles. The number of rotatable bonds is 2. The highest BCUT2D eigenvalue weighted by atomic mass is 16.5. The van der Waals surface area contributed by atoms with E-state index in [1.165, 1.54) is 0 Å². The number of nitrogens with two attached hydrogens (primary N) is 1. The van der Waals surface area contributed by atoms with Crippen molar-refractivity contribution in [1.29, 1.82) is 5.26 Å². The maximum Gasteiger partial charge on any atom is 0.142 e. The van der Waals surface area contributed by atoms with Gasteiger partial charge in [0, 0.05) is 16.7 Å². The van der Waals surface area contributed by atoms with Gasteiger partial charge in [0.1, 0.15) is 23.2 Å². The predicted molar refractivity (Wildman–Crippen MR) is 84.1 cm³/mol. The number of ether oxygens (including phenoxy) is 1. The Morgan fingerprint density at radius 2 is 1.81 bits per heavy atom. The quantitative estimate of drug-likeness (QED) is 0.914. The third-order valence-corrected chi connectivity index (χ3v) is 3.33. The second-order valence-corrected chi connectivity index (χ2v) is 5.91. The Hall–Kier alpha value is -2.54. The molecule has 2 rings (SSSR count). The van der Waals surface area contributed by atoms with E-state index >= 15 is 0 Å². The van der Waals surface area contributed by atoms with Gasteiger partial charge in [-0.3, -0.25) is 0 Å². The number of hydrogen-bond donors (Lipinski definition) is 1. The number of benzene rings is 1. The van der Waals surface area contributed by atoms with Crippen LogP contribution in [0.15, 0.2) is 30.3 Å². The second kappa shape index (κ2) is 5.45. The monoisotopic (exact) mass is 281 g/mol. The van der Waals surface area contributed by atoms with Crippen LogP contribution in [0.25, 0.3) is 11.1 Å². The summed E-state index contributed by atoms with van der Waals surface area (Å²) in [6.07, 6.45) is 0. The predicted octanol–water partition coefficient (Wildman–Crippen LogP) is 3.51. The van der Waals surface area contributed by atoms with Crippen LogP contribution in [0.3, 0.4) is 0 Å². The number of anilines is 1. The molecule has 0 amide bonds. The SMILES string of the molecule is COc1ccc(-c2cc(C(C)(C)C)nc(N)c2C#N)cc1. The van der Waals surface area contributed by atoms with E-state index < -0.39 is 0 Å². The van der Waals surface area contributed by atoms with Crippen LogP contribution in [-0.2, 0) is 5.41 Å². The van der Waals surface area contributed by atoms with Crippen LogP contribution in [0.4, 0.5) is 5.82 Å². The van der Waals surface area contributed by atoms with Crippen molar-refractivity contribution in [2.24, 2.45) is 0 Å². The molecule has 2 aromatic rings. The number of methoxy groups -OCH3 is 1. The maximum atomic E-state index is 9.36. The van der Waals surface area contributed by atoms with Crippen LogP contribution in [0.2, 0.25) is 0 Å². The summed E-state index contributed by atoms with van der Waals surface area (Å²) in [6, 6.07) is 11.7. The van der Waals surface area contributed by atoms with Crippen molar-refractivity contribution >= 4 is 5.82 Å². The molecule has 1 aromatic heterocycles. The van der Waals surface area contributed by atoms with Crippen LogP contribution < -0.4 is 10.5 Å². The van der Waals surface area contributed by atoms with Gasteiger partial charge in [-0.1, -0.05) is 32.9 Å². The lowest BCUT2D eigenvalue weighted by Gasteiger charge is -2.20. The topological polar surface area (TPSA) is 71.9 Å². The Balaban J connectivity index is 2.65. The minimum atomic E-state index is -0.136. The summed E-state index contributed by atoms with van der Waals surface area (Å²) in [5.74, 6) is 1.05. The van der Waals surface area contributed by atoms with E-state index in [0.717, 1.165) is 22.6 Å². The molecule has 0 saturated heterocycles. The summed E-state index contributed by atoms with van der Waals surface area (Å²) in [7, 11) is 1.62. The van der Waals surface area contributed by atoms with E-state index in [4.69, 9.17) is 10.5 Å². The molecular weight excluding hydrogens is 262 g/mol. The van der Waals surface area contributed by atoms with Gasteiger partial charge in [-0.25, -0.2) is 4.98 Å². The molecule has 4 heteroatoms. The summed E-state index contributed by atoms with van der Waals surface area (Å²) in [5.41, 5.74) is 8.83. The molecule has 21 heavy (non-hydrogen) atoms. The summed E-state index contributed by atoms with van der Waals surface area (Å²) in [5, 5.41) is 9.36. The molecule has 0 saturated carbocycles. The van der Waals surface area contributed by atoms with Crippen molar-refractivity contribution in [3.63, 3.8) is 0 Å². The van der Waals surface area contributed by atoms with Crippen LogP contribution in [0.5, 0.6) is 5.75 Å². The summed E-state index contributed by atoms with van der Waals surface area (Å²) in [4.78, 5) is 4.37. The first-order chi connectivity index (χ1) is 9.86. The Bertz CT molecular complexity index is 692. The molecule has 0 unspecified atom stereocenters. The minimum Gasteiger partial charge on any atom is -0.497 e. The molecular formula is C17H19N3O. The fraction of sp³-hybridized carbons (Fsp3) is 0.294. The highest BCUT2D eigenvalue weighted by Crippen LogP contribution is 2.32. The standard InChI is InChI=1S/C17H19N3O/c1-17(2,3)15-9-13(14(10-18)16(19)20-15)11-5-7-12(21-4)8-6-11/h5-9H,1-4H3,(H2,19,20). The Kier molecular flexibility index (Phi) is 3.86. The largest absolute Gasteiger partial charge is 0.497 e. The smallest absolute Gasteiger partial charge is 0.142 e. The number of nitrogens with zero attached hydrogens (tertiary/aromatic N) is 2. The molecule has 2 N–H and O–H groups in total. The molecule has 108 valence electrons. The number of hydrogen-bond acceptors (Lipinski definition) is 4. The zero-order valence-corrected chi connectivity index (χ0v) is 12.8. The first kappa shape index (κ1) is 14.9. The van der Waals surface area contributed by atoms with Gasteiger partial charge in [0.2, 0.25) is 0 Å². The molecule has 1 heterocycles. The maximum absolute atomic E-state index is 9.36. The molecule has 0 atom stereocenters. The lowest BCUT2D eigenvalue weighted by Crippen LogP contribution is -2.15. The minimum absolute atomic E-state index is 0.136. The van der Waals surface area contributed by atoms with Crippen molar-refractivity contribution in [2.75, 3.05) is 12.8 Å². The Morgan fingerprint density at radius 1 is 1.19 bits per heavy atom. The molecule has 4 nitrogen and oxygen atoms in total. The average Bonchev–Trinajstić information content (AvgIpc) is 2.45. The van der Waals surface area contributed by atoms with Crippen molar-refractivity contribution in [3.05, 3.63) is 41.6 Å². The van der Waals surface area contributed by atoms with Crippen molar-refractivity contribution < 1.29 is 4.74 Å². The van der Waals surface area contributed by atoms with E-state index in [9.17, 15) is 5.26 Å². The fourth-order valence-electron chi connectivity index (χ4n) is 2.06. The van der Waals surface area contributed by atoms with Gasteiger partial charge in [-0.05, 0) is 23.8 Å². The van der Waals surface area contributed by atoms with E-state index in [2.05, 4.69) is 31.8 Å². The van der Waals surface area contributed by atoms with Crippen LogP contribution in [0, 0.1) is 11.3 Å². The number of nitriles is 1. The van der Waals surface area contributed by atoms with Gasteiger partial charge in [0.25, 0.3) is 0 Å². The number of nitrogen functional groups attached to an aromatic ring is 1. The Morgan fingerprint density at radius 3 is 2.29 bits per heavy atom. The summed E-state index contributed by atoms with van der Waals surface area (Å²) < 4.78 is 5.16. The van der Waals surface area contributed by atoms with Crippen molar-refractivity contribution in [2.45, 2.75) is 26.2 Å². The van der Waals surface area contributed by atoms with Crippen molar-refractivity contribution in [3.8, 4) is 22.9 Å². The molecule has 0 aliphatic heterocycles. The van der Waals surface area contributed by atoms with Gasteiger partial charge in [0.05, 0.1) is 7.11 Å². The van der Waals surface area contributed by atoms with Gasteiger partial charge >= 0.3 is 0 Å². The van der Waals surface area contributed by atoms with Gasteiger partial charge in [-0.2, -0.15) is 5.26 Å². The normalized spacial score (nSPS) is 11.0. The van der Waals surface area contributed by atoms with E-state index in [0.29, 0.717) is 5.56 Å². The van der Waals surface area contributed by atoms with Crippen LogP contribution in [0.1, 0.15) is 32.0 Å². The molecule has 0 spiro atoms. The highest BCUT2D eigenvalue weighted by Gasteiger charge is 2.20. The lowest BCUT2D eigenvalue weighted by atomic mass is 9.88. The van der Waals surface area contributed by atoms with Crippen LogP contribution >= 0.6 is 0 Å². The molecule has 0 aliphatic rings. The molecule has 0 radical (unpaired) electrons. The van der Waals surface area contributed by atoms with E-state index in [1.807, 2.05) is 30.3 Å².